The quantitative estimate of drug-likeness (QED) is 0.656. The van der Waals surface area contributed by atoms with Gasteiger partial charge in [-0.3, -0.25) is 4.79 Å². The molecule has 0 spiro atoms. The highest BCUT2D eigenvalue weighted by Crippen LogP contribution is 2.47. The van der Waals surface area contributed by atoms with Crippen LogP contribution in [-0.2, 0) is 0 Å². The summed E-state index contributed by atoms with van der Waals surface area (Å²) in [4.78, 5) is 24.3. The van der Waals surface area contributed by atoms with Crippen LogP contribution in [0.3, 0.4) is 0 Å². The van der Waals surface area contributed by atoms with Crippen LogP contribution < -0.4 is 10.6 Å². The summed E-state index contributed by atoms with van der Waals surface area (Å²) in [6.45, 7) is 8.11. The van der Waals surface area contributed by atoms with Crippen molar-refractivity contribution in [3.05, 3.63) is 51.5 Å². The standard InChI is InChI=1S/C23H26N4OS/c1-12-5-6-17-15(9-12)16-11-26(4)8-7-18(16)27(17)23(28)21-20(24)19-13(2)10-14(3)25-22(19)29-21/h5-6,9-10,16,18H,7-8,11,24H2,1-4H3/t16-,18+/m0/s1. The Morgan fingerprint density at radius 2 is 2.03 bits per heavy atom. The highest BCUT2D eigenvalue weighted by atomic mass is 32.1. The lowest BCUT2D eigenvalue weighted by molar-refractivity contribution is 0.0969. The summed E-state index contributed by atoms with van der Waals surface area (Å²) in [5.41, 5.74) is 12.7. The van der Waals surface area contributed by atoms with Crippen LogP contribution in [0.5, 0.6) is 0 Å². The van der Waals surface area contributed by atoms with Crippen LogP contribution in [0.25, 0.3) is 10.2 Å². The number of likely N-dealkylation sites (tertiary alicyclic amines) is 1. The third kappa shape index (κ3) is 2.77. The number of nitrogens with zero attached hydrogens (tertiary/aromatic N) is 3. The van der Waals surface area contributed by atoms with E-state index in [4.69, 9.17) is 5.73 Å². The van der Waals surface area contributed by atoms with Gasteiger partial charge in [-0.1, -0.05) is 17.7 Å². The van der Waals surface area contributed by atoms with E-state index in [2.05, 4.69) is 42.1 Å². The third-order valence-electron chi connectivity index (χ3n) is 6.39. The van der Waals surface area contributed by atoms with Gasteiger partial charge in [0.15, 0.2) is 0 Å². The van der Waals surface area contributed by atoms with Crippen LogP contribution in [0.2, 0.25) is 0 Å². The van der Waals surface area contributed by atoms with Crippen LogP contribution in [0.4, 0.5) is 11.4 Å². The molecule has 1 aromatic carbocycles. The minimum atomic E-state index is 0.0182. The van der Waals surface area contributed by atoms with Crippen LogP contribution in [-0.4, -0.2) is 42.0 Å². The van der Waals surface area contributed by atoms with Crippen molar-refractivity contribution in [1.82, 2.24) is 9.88 Å². The monoisotopic (exact) mass is 406 g/mol. The van der Waals surface area contributed by atoms with E-state index in [1.54, 1.807) is 0 Å². The van der Waals surface area contributed by atoms with E-state index in [1.165, 1.54) is 22.5 Å². The number of hydrogen-bond acceptors (Lipinski definition) is 5. The SMILES string of the molecule is Cc1ccc2c(c1)[C@@H]1CN(C)CC[C@H]1N2C(=O)c1sc2nc(C)cc(C)c2c1N. The Hall–Kier alpha value is -2.44. The fraction of sp³-hybridized carbons (Fsp3) is 0.391. The molecule has 1 fully saturated rings. The molecule has 2 atom stereocenters. The molecular formula is C23H26N4OS. The molecule has 5 rings (SSSR count). The molecule has 29 heavy (non-hydrogen) atoms. The van der Waals surface area contributed by atoms with Crippen molar-refractivity contribution in [3.8, 4) is 0 Å². The van der Waals surface area contributed by atoms with Gasteiger partial charge in [0.2, 0.25) is 0 Å². The van der Waals surface area contributed by atoms with Gasteiger partial charge in [-0.2, -0.15) is 0 Å². The first-order chi connectivity index (χ1) is 13.8. The molecule has 0 unspecified atom stereocenters. The van der Waals surface area contributed by atoms with Gasteiger partial charge in [0.1, 0.15) is 9.71 Å². The number of aryl methyl sites for hydroxylation is 3. The van der Waals surface area contributed by atoms with E-state index in [0.29, 0.717) is 16.5 Å². The highest BCUT2D eigenvalue weighted by molar-refractivity contribution is 7.21. The fourth-order valence-corrected chi connectivity index (χ4v) is 6.24. The van der Waals surface area contributed by atoms with E-state index in [1.807, 2.05) is 24.8 Å². The highest BCUT2D eigenvalue weighted by Gasteiger charge is 2.44. The number of benzene rings is 1. The summed E-state index contributed by atoms with van der Waals surface area (Å²) >= 11 is 1.43. The number of carbonyl (C=O) groups is 1. The molecule has 4 heterocycles. The minimum Gasteiger partial charge on any atom is -0.397 e. The van der Waals surface area contributed by atoms with Crippen molar-refractivity contribution in [1.29, 1.82) is 0 Å². The number of carbonyl (C=O) groups excluding carboxylic acids is 1. The molecule has 2 aliphatic rings. The molecule has 2 N–H and O–H groups in total. The first kappa shape index (κ1) is 18.6. The van der Waals surface area contributed by atoms with Gasteiger partial charge in [0.05, 0.1) is 5.69 Å². The molecule has 6 heteroatoms. The first-order valence-corrected chi connectivity index (χ1v) is 11.0. The molecular weight excluding hydrogens is 380 g/mol. The lowest BCUT2D eigenvalue weighted by Crippen LogP contribution is -2.47. The zero-order valence-electron chi connectivity index (χ0n) is 17.3. The van der Waals surface area contributed by atoms with Crippen LogP contribution in [0, 0.1) is 20.8 Å². The summed E-state index contributed by atoms with van der Waals surface area (Å²) < 4.78 is 0. The Labute approximate surface area is 175 Å². The minimum absolute atomic E-state index is 0.0182. The third-order valence-corrected chi connectivity index (χ3v) is 7.48. The Kier molecular flexibility index (Phi) is 4.19. The summed E-state index contributed by atoms with van der Waals surface area (Å²) in [5, 5.41) is 0.923. The number of nitrogens with two attached hydrogens (primary N) is 1. The maximum Gasteiger partial charge on any atom is 0.270 e. The lowest BCUT2D eigenvalue weighted by atomic mass is 9.89. The van der Waals surface area contributed by atoms with Gasteiger partial charge in [-0.05, 0) is 64.0 Å². The van der Waals surface area contributed by atoms with Crippen LogP contribution >= 0.6 is 11.3 Å². The molecule has 150 valence electrons. The molecule has 2 aromatic heterocycles. The predicted molar refractivity (Wildman–Crippen MR) is 120 cm³/mol. The molecule has 1 saturated heterocycles. The number of aromatic nitrogens is 1. The first-order valence-electron chi connectivity index (χ1n) is 10.1. The molecule has 2 aliphatic heterocycles. The summed E-state index contributed by atoms with van der Waals surface area (Å²) in [5.74, 6) is 0.370. The van der Waals surface area contributed by atoms with Crippen molar-refractivity contribution in [2.24, 2.45) is 0 Å². The Morgan fingerprint density at radius 1 is 1.24 bits per heavy atom. The summed E-state index contributed by atoms with van der Waals surface area (Å²) in [6, 6.07) is 8.68. The number of thiophene rings is 1. The van der Waals surface area contributed by atoms with Gasteiger partial charge < -0.3 is 15.5 Å². The molecule has 0 radical (unpaired) electrons. The van der Waals surface area contributed by atoms with Gasteiger partial charge in [-0.25, -0.2) is 4.98 Å². The van der Waals surface area contributed by atoms with Crippen LogP contribution in [0.1, 0.15) is 44.4 Å². The van der Waals surface area contributed by atoms with E-state index in [-0.39, 0.29) is 11.9 Å². The molecule has 1 amide bonds. The number of anilines is 2. The number of amides is 1. The van der Waals surface area contributed by atoms with Gasteiger partial charge in [0.25, 0.3) is 5.91 Å². The Balaban J connectivity index is 1.64. The van der Waals surface area contributed by atoms with Crippen molar-refractivity contribution in [2.75, 3.05) is 30.8 Å². The van der Waals surface area contributed by atoms with E-state index >= 15 is 0 Å². The van der Waals surface area contributed by atoms with E-state index in [9.17, 15) is 4.79 Å². The van der Waals surface area contributed by atoms with Crippen molar-refractivity contribution in [2.45, 2.75) is 39.2 Å². The number of hydrogen-bond donors (Lipinski definition) is 1. The average Bonchev–Trinajstić information content (AvgIpc) is 3.16. The van der Waals surface area contributed by atoms with Gasteiger partial charge in [0, 0.05) is 35.3 Å². The van der Waals surface area contributed by atoms with Gasteiger partial charge >= 0.3 is 0 Å². The van der Waals surface area contributed by atoms with Crippen LogP contribution in [0.15, 0.2) is 24.3 Å². The Morgan fingerprint density at radius 3 is 2.83 bits per heavy atom. The maximum atomic E-state index is 13.8. The largest absolute Gasteiger partial charge is 0.397 e. The fourth-order valence-electron chi connectivity index (χ4n) is 5.08. The Bertz CT molecular complexity index is 1150. The number of pyridine rings is 1. The number of nitrogen functional groups attached to an aromatic ring is 1. The smallest absolute Gasteiger partial charge is 0.270 e. The number of piperidine rings is 1. The predicted octanol–water partition coefficient (Wildman–Crippen LogP) is 4.25. The van der Waals surface area contributed by atoms with E-state index in [0.717, 1.165) is 46.7 Å². The zero-order valence-corrected chi connectivity index (χ0v) is 18.1. The number of likely N-dealkylation sites (N-methyl/N-ethyl adjacent to an activating group) is 1. The molecule has 0 bridgehead atoms. The van der Waals surface area contributed by atoms with Crippen molar-refractivity contribution >= 4 is 38.8 Å². The van der Waals surface area contributed by atoms with Crippen molar-refractivity contribution in [3.63, 3.8) is 0 Å². The van der Waals surface area contributed by atoms with Crippen molar-refractivity contribution < 1.29 is 4.79 Å². The maximum absolute atomic E-state index is 13.8. The molecule has 3 aromatic rings. The normalized spacial score (nSPS) is 21.4. The molecule has 0 aliphatic carbocycles. The molecule has 5 nitrogen and oxygen atoms in total. The molecule has 0 saturated carbocycles. The topological polar surface area (TPSA) is 62.5 Å². The average molecular weight is 407 g/mol. The lowest BCUT2D eigenvalue weighted by Gasteiger charge is -2.36. The summed E-state index contributed by atoms with van der Waals surface area (Å²) in [7, 11) is 2.16. The number of fused-ring (bicyclic) bond motifs is 4. The number of rotatable bonds is 1. The van der Waals surface area contributed by atoms with E-state index < -0.39 is 0 Å². The second-order valence-electron chi connectivity index (χ2n) is 8.57. The summed E-state index contributed by atoms with van der Waals surface area (Å²) in [6.07, 6.45) is 0.974. The second-order valence-corrected chi connectivity index (χ2v) is 9.57. The van der Waals surface area contributed by atoms with Gasteiger partial charge in [-0.15, -0.1) is 11.3 Å². The second kappa shape index (κ2) is 6.54. The zero-order chi connectivity index (χ0) is 20.4.